The van der Waals surface area contributed by atoms with Gasteiger partial charge in [0.25, 0.3) is 5.78 Å². The van der Waals surface area contributed by atoms with Crippen LogP contribution < -0.4 is 5.32 Å². The van der Waals surface area contributed by atoms with Gasteiger partial charge in [-0.15, -0.1) is 0 Å². The molecule has 1 amide bonds. The molecule has 0 radical (unpaired) electrons. The van der Waals surface area contributed by atoms with Gasteiger partial charge in [-0.05, 0) is 32.8 Å². The number of ketones is 1. The molecule has 1 aromatic rings. The van der Waals surface area contributed by atoms with Gasteiger partial charge in [0.05, 0.1) is 0 Å². The van der Waals surface area contributed by atoms with E-state index in [4.69, 9.17) is 15.0 Å². The Bertz CT molecular complexity index is 676. The second-order valence-electron chi connectivity index (χ2n) is 6.53. The molecule has 1 atom stereocenters. The summed E-state index contributed by atoms with van der Waals surface area (Å²) in [6.07, 6.45) is -0.257. The number of esters is 1. The molecule has 1 aromatic carbocycles. The highest BCUT2D eigenvalue weighted by Crippen LogP contribution is 2.09. The van der Waals surface area contributed by atoms with Crippen molar-refractivity contribution in [3.05, 3.63) is 41.4 Å². The summed E-state index contributed by atoms with van der Waals surface area (Å²) in [7, 11) is 0. The van der Waals surface area contributed by atoms with Gasteiger partial charge in [0.1, 0.15) is 18.2 Å². The number of alkyl carbamates (subject to hydrolysis) is 1. The fourth-order valence-corrected chi connectivity index (χ4v) is 1.95. The Kier molecular flexibility index (Phi) is 8.18. The predicted molar refractivity (Wildman–Crippen MR) is 93.3 cm³/mol. The summed E-state index contributed by atoms with van der Waals surface area (Å²) in [6, 6.07) is 8.09. The minimum absolute atomic E-state index is 0.0162. The van der Waals surface area contributed by atoms with Crippen molar-refractivity contribution in [3.8, 4) is 0 Å². The van der Waals surface area contributed by atoms with Crippen molar-refractivity contribution in [1.29, 1.82) is 0 Å². The molecule has 0 fully saturated rings. The van der Waals surface area contributed by atoms with Crippen LogP contribution in [-0.2, 0) is 25.7 Å². The average molecular weight is 361 g/mol. The van der Waals surface area contributed by atoms with Gasteiger partial charge in [-0.1, -0.05) is 30.3 Å². The molecular formula is C18H23N3O5. The monoisotopic (exact) mass is 361 g/mol. The summed E-state index contributed by atoms with van der Waals surface area (Å²) in [5.74, 6) is -1.17. The molecule has 0 saturated carbocycles. The largest absolute Gasteiger partial charge is 0.461 e. The van der Waals surface area contributed by atoms with Crippen molar-refractivity contribution in [2.75, 3.05) is 0 Å². The van der Waals surface area contributed by atoms with E-state index < -0.39 is 29.5 Å². The molecule has 0 heterocycles. The van der Waals surface area contributed by atoms with Gasteiger partial charge >= 0.3 is 18.3 Å². The third-order valence-corrected chi connectivity index (χ3v) is 3.10. The van der Waals surface area contributed by atoms with E-state index in [2.05, 4.69) is 10.1 Å². The maximum absolute atomic E-state index is 11.9. The second-order valence-corrected chi connectivity index (χ2v) is 6.53. The van der Waals surface area contributed by atoms with E-state index in [9.17, 15) is 14.4 Å². The van der Waals surface area contributed by atoms with E-state index in [0.717, 1.165) is 5.56 Å². The van der Waals surface area contributed by atoms with Crippen molar-refractivity contribution < 1.29 is 28.6 Å². The number of carbonyl (C=O) groups excluding carboxylic acids is 3. The molecule has 140 valence electrons. The number of benzene rings is 1. The van der Waals surface area contributed by atoms with Gasteiger partial charge in [0.15, 0.2) is 0 Å². The van der Waals surface area contributed by atoms with Crippen LogP contribution in [0.1, 0.15) is 39.2 Å². The molecule has 0 aromatic heterocycles. The summed E-state index contributed by atoms with van der Waals surface area (Å²) in [5.41, 5.74) is 8.61. The van der Waals surface area contributed by atoms with Crippen LogP contribution in [0.25, 0.3) is 5.53 Å². The third kappa shape index (κ3) is 8.75. The van der Waals surface area contributed by atoms with E-state index in [1.54, 1.807) is 20.8 Å². The molecule has 0 aliphatic rings. The van der Waals surface area contributed by atoms with E-state index in [0.29, 0.717) is 6.21 Å². The first kappa shape index (κ1) is 21.1. The van der Waals surface area contributed by atoms with E-state index in [-0.39, 0.29) is 19.4 Å². The fourth-order valence-electron chi connectivity index (χ4n) is 1.95. The zero-order valence-electron chi connectivity index (χ0n) is 15.1. The average Bonchev–Trinajstić information content (AvgIpc) is 2.56. The number of carbonyl (C=O) groups is 3. The summed E-state index contributed by atoms with van der Waals surface area (Å²) in [6.45, 7) is 5.16. The molecule has 1 unspecified atom stereocenters. The Balaban J connectivity index is 2.56. The van der Waals surface area contributed by atoms with Gasteiger partial charge in [-0.3, -0.25) is 9.59 Å². The fraction of sp³-hybridized carbons (Fsp3) is 0.444. The van der Waals surface area contributed by atoms with E-state index >= 15 is 0 Å². The first-order valence-electron chi connectivity index (χ1n) is 8.11. The number of Topliss-reactive ketones (excluding diaryl/α,β-unsaturated/α-hetero) is 1. The Morgan fingerprint density at radius 3 is 2.46 bits per heavy atom. The van der Waals surface area contributed by atoms with Crippen LogP contribution in [0.3, 0.4) is 0 Å². The zero-order chi connectivity index (χ0) is 19.6. The van der Waals surface area contributed by atoms with Crippen LogP contribution in [0.2, 0.25) is 0 Å². The highest BCUT2D eigenvalue weighted by atomic mass is 16.6. The number of nitrogens with one attached hydrogen (secondary N) is 1. The molecule has 8 nitrogen and oxygen atoms in total. The van der Waals surface area contributed by atoms with Crippen LogP contribution in [0.5, 0.6) is 0 Å². The van der Waals surface area contributed by atoms with Crippen LogP contribution in [0.4, 0.5) is 4.79 Å². The lowest BCUT2D eigenvalue weighted by atomic mass is 10.1. The number of ether oxygens (including phenoxy) is 2. The summed E-state index contributed by atoms with van der Waals surface area (Å²) in [4.78, 5) is 38.2. The summed E-state index contributed by atoms with van der Waals surface area (Å²) < 4.78 is 10.2. The first-order valence-corrected chi connectivity index (χ1v) is 8.11. The van der Waals surface area contributed by atoms with Crippen molar-refractivity contribution >= 4 is 24.1 Å². The highest BCUT2D eigenvalue weighted by Gasteiger charge is 2.26. The van der Waals surface area contributed by atoms with Crippen LogP contribution in [-0.4, -0.2) is 40.5 Å². The van der Waals surface area contributed by atoms with E-state index in [1.165, 1.54) is 0 Å². The molecular weight excluding hydrogens is 338 g/mol. The maximum Gasteiger partial charge on any atom is 0.408 e. The van der Waals surface area contributed by atoms with Crippen molar-refractivity contribution in [2.24, 2.45) is 0 Å². The normalized spacial score (nSPS) is 11.7. The standard InChI is InChI=1S/C18H23N3O5/c1-18(2,3)26-17(24)21-14(15(22)11-20-19)9-10-16(23)25-12-13-7-5-4-6-8-13/h4-8,11,14H,9-10,12H2,1-3H3,(H,21,24). The van der Waals surface area contributed by atoms with Crippen molar-refractivity contribution in [1.82, 2.24) is 5.32 Å². The molecule has 1 rings (SSSR count). The number of rotatable bonds is 8. The quantitative estimate of drug-likeness (QED) is 0.330. The minimum Gasteiger partial charge on any atom is -0.461 e. The lowest BCUT2D eigenvalue weighted by Gasteiger charge is -2.22. The lowest BCUT2D eigenvalue weighted by molar-refractivity contribution is -0.145. The Hall–Kier alpha value is -2.99. The van der Waals surface area contributed by atoms with Crippen LogP contribution in [0.15, 0.2) is 30.3 Å². The molecule has 1 N–H and O–H groups in total. The number of hydrogen-bond donors (Lipinski definition) is 1. The Labute approximate surface area is 152 Å². The van der Waals surface area contributed by atoms with Crippen LogP contribution >= 0.6 is 0 Å². The zero-order valence-corrected chi connectivity index (χ0v) is 15.1. The minimum atomic E-state index is -1.06. The van der Waals surface area contributed by atoms with Crippen molar-refractivity contribution in [3.63, 3.8) is 0 Å². The van der Waals surface area contributed by atoms with Gasteiger partial charge in [0.2, 0.25) is 0 Å². The van der Waals surface area contributed by atoms with Gasteiger partial charge < -0.3 is 20.3 Å². The van der Waals surface area contributed by atoms with E-state index in [1.807, 2.05) is 30.3 Å². The SMILES string of the molecule is CC(C)(C)OC(=O)NC(CCC(=O)OCc1ccccc1)C(=O)C=[N+]=[N-]. The number of amides is 1. The molecule has 0 saturated heterocycles. The molecule has 0 aliphatic heterocycles. The highest BCUT2D eigenvalue weighted by molar-refractivity contribution is 6.28. The number of hydrogen-bond acceptors (Lipinski definition) is 5. The van der Waals surface area contributed by atoms with Crippen molar-refractivity contribution in [2.45, 2.75) is 51.9 Å². The molecule has 0 spiro atoms. The molecule has 26 heavy (non-hydrogen) atoms. The van der Waals surface area contributed by atoms with Crippen LogP contribution in [0, 0.1) is 0 Å². The number of nitrogens with zero attached hydrogens (tertiary/aromatic N) is 2. The van der Waals surface area contributed by atoms with Gasteiger partial charge in [-0.2, -0.15) is 4.79 Å². The third-order valence-electron chi connectivity index (χ3n) is 3.10. The topological polar surface area (TPSA) is 118 Å². The maximum atomic E-state index is 11.9. The smallest absolute Gasteiger partial charge is 0.408 e. The first-order chi connectivity index (χ1) is 12.2. The van der Waals surface area contributed by atoms with Gasteiger partial charge in [0, 0.05) is 6.42 Å². The Morgan fingerprint density at radius 2 is 1.88 bits per heavy atom. The summed E-state index contributed by atoms with van der Waals surface area (Å²) >= 11 is 0. The predicted octanol–water partition coefficient (Wildman–Crippen LogP) is 2.27. The van der Waals surface area contributed by atoms with Gasteiger partial charge in [-0.25, -0.2) is 4.79 Å². The second kappa shape index (κ2) is 10.1. The Morgan fingerprint density at radius 1 is 1.23 bits per heavy atom. The molecule has 0 bridgehead atoms. The lowest BCUT2D eigenvalue weighted by Crippen LogP contribution is -2.44. The molecule has 8 heteroatoms. The molecule has 0 aliphatic carbocycles. The summed E-state index contributed by atoms with van der Waals surface area (Å²) in [5, 5.41) is 2.37.